The molecule has 2 rings (SSSR count). The van der Waals surface area contributed by atoms with Crippen molar-refractivity contribution in [3.05, 3.63) is 35.4 Å². The third-order valence-electron chi connectivity index (χ3n) is 3.53. The molecule has 0 bridgehead atoms. The van der Waals surface area contributed by atoms with Crippen molar-refractivity contribution >= 4 is 11.9 Å². The zero-order valence-corrected chi connectivity index (χ0v) is 12.1. The number of benzene rings is 1. The molecule has 0 aromatic heterocycles. The molecule has 1 saturated heterocycles. The molecule has 1 aliphatic rings. The van der Waals surface area contributed by atoms with Crippen LogP contribution in [-0.4, -0.2) is 31.1 Å². The van der Waals surface area contributed by atoms with Crippen LogP contribution in [0.25, 0.3) is 0 Å². The average molecular weight is 311 g/mol. The van der Waals surface area contributed by atoms with Crippen molar-refractivity contribution in [3.63, 3.8) is 0 Å². The molecule has 120 valence electrons. The second-order valence-corrected chi connectivity index (χ2v) is 5.23. The van der Waals surface area contributed by atoms with Gasteiger partial charge < -0.3 is 16.0 Å². The number of nitrogens with one attached hydrogen (secondary N) is 3. The molecule has 0 radical (unpaired) electrons. The molecule has 1 aliphatic heterocycles. The first-order chi connectivity index (χ1) is 10.6. The second-order valence-electron chi connectivity index (χ2n) is 5.23. The molecular formula is C15H19F2N3O2. The highest BCUT2D eigenvalue weighted by atomic mass is 19.1. The molecule has 3 amide bonds. The van der Waals surface area contributed by atoms with Gasteiger partial charge in [-0.3, -0.25) is 4.79 Å². The Balaban J connectivity index is 1.77. The van der Waals surface area contributed by atoms with Crippen molar-refractivity contribution < 1.29 is 18.4 Å². The van der Waals surface area contributed by atoms with Crippen LogP contribution in [0.2, 0.25) is 0 Å². The summed E-state index contributed by atoms with van der Waals surface area (Å²) < 4.78 is 26.4. The topological polar surface area (TPSA) is 70.2 Å². The molecule has 1 fully saturated rings. The van der Waals surface area contributed by atoms with Gasteiger partial charge in [-0.05, 0) is 49.4 Å². The zero-order valence-electron chi connectivity index (χ0n) is 12.1. The SMILES string of the molecule is O=C(NCCc1cc(F)ccc1F)NC1CCCCNC1=O. The summed E-state index contributed by atoms with van der Waals surface area (Å²) in [6, 6.07) is 2.17. The number of urea groups is 1. The monoisotopic (exact) mass is 311 g/mol. The van der Waals surface area contributed by atoms with Crippen molar-refractivity contribution in [2.24, 2.45) is 0 Å². The van der Waals surface area contributed by atoms with Crippen LogP contribution in [0.3, 0.4) is 0 Å². The Bertz CT molecular complexity index is 552. The van der Waals surface area contributed by atoms with Crippen molar-refractivity contribution in [1.82, 2.24) is 16.0 Å². The van der Waals surface area contributed by atoms with Gasteiger partial charge in [0.1, 0.15) is 17.7 Å². The Kier molecular flexibility index (Phi) is 5.68. The van der Waals surface area contributed by atoms with Crippen LogP contribution in [0, 0.1) is 11.6 Å². The molecule has 1 aromatic rings. The lowest BCUT2D eigenvalue weighted by atomic mass is 10.1. The third kappa shape index (κ3) is 4.68. The van der Waals surface area contributed by atoms with E-state index in [9.17, 15) is 18.4 Å². The Hall–Kier alpha value is -2.18. The number of hydrogen-bond acceptors (Lipinski definition) is 2. The summed E-state index contributed by atoms with van der Waals surface area (Å²) in [5.74, 6) is -1.22. The van der Waals surface area contributed by atoms with E-state index < -0.39 is 23.7 Å². The van der Waals surface area contributed by atoms with E-state index in [1.807, 2.05) is 0 Å². The number of rotatable bonds is 4. The minimum Gasteiger partial charge on any atom is -0.354 e. The normalized spacial score (nSPS) is 18.3. The molecule has 7 heteroatoms. The van der Waals surface area contributed by atoms with Crippen LogP contribution in [-0.2, 0) is 11.2 Å². The Labute approximate surface area is 127 Å². The summed E-state index contributed by atoms with van der Waals surface area (Å²) >= 11 is 0. The first kappa shape index (κ1) is 16.2. The lowest BCUT2D eigenvalue weighted by Gasteiger charge is -2.15. The van der Waals surface area contributed by atoms with E-state index in [0.717, 1.165) is 31.0 Å². The summed E-state index contributed by atoms with van der Waals surface area (Å²) in [5, 5.41) is 7.86. The van der Waals surface area contributed by atoms with E-state index in [1.165, 1.54) is 0 Å². The molecular weight excluding hydrogens is 292 g/mol. The molecule has 0 aliphatic carbocycles. The van der Waals surface area contributed by atoms with Crippen LogP contribution >= 0.6 is 0 Å². The first-order valence-corrected chi connectivity index (χ1v) is 7.32. The third-order valence-corrected chi connectivity index (χ3v) is 3.53. The maximum absolute atomic E-state index is 13.4. The minimum absolute atomic E-state index is 0.153. The van der Waals surface area contributed by atoms with Crippen molar-refractivity contribution in [3.8, 4) is 0 Å². The number of amides is 3. The molecule has 1 heterocycles. The highest BCUT2D eigenvalue weighted by Gasteiger charge is 2.22. The van der Waals surface area contributed by atoms with Crippen LogP contribution in [0.5, 0.6) is 0 Å². The Morgan fingerprint density at radius 1 is 1.32 bits per heavy atom. The molecule has 22 heavy (non-hydrogen) atoms. The van der Waals surface area contributed by atoms with Gasteiger partial charge in [0.25, 0.3) is 0 Å². The Morgan fingerprint density at radius 2 is 2.14 bits per heavy atom. The predicted molar refractivity (Wildman–Crippen MR) is 77.2 cm³/mol. The average Bonchev–Trinajstić information content (AvgIpc) is 2.68. The van der Waals surface area contributed by atoms with Gasteiger partial charge >= 0.3 is 6.03 Å². The molecule has 1 unspecified atom stereocenters. The fourth-order valence-corrected chi connectivity index (χ4v) is 2.33. The maximum atomic E-state index is 13.4. The molecule has 5 nitrogen and oxygen atoms in total. The largest absolute Gasteiger partial charge is 0.354 e. The quantitative estimate of drug-likeness (QED) is 0.788. The lowest BCUT2D eigenvalue weighted by Crippen LogP contribution is -2.49. The van der Waals surface area contributed by atoms with E-state index in [4.69, 9.17) is 0 Å². The first-order valence-electron chi connectivity index (χ1n) is 7.32. The van der Waals surface area contributed by atoms with E-state index in [0.29, 0.717) is 13.0 Å². The van der Waals surface area contributed by atoms with Gasteiger partial charge in [0.15, 0.2) is 0 Å². The molecule has 3 N–H and O–H groups in total. The van der Waals surface area contributed by atoms with Crippen molar-refractivity contribution in [2.45, 2.75) is 31.7 Å². The van der Waals surface area contributed by atoms with Gasteiger partial charge in [-0.1, -0.05) is 0 Å². The summed E-state index contributed by atoms with van der Waals surface area (Å²) in [6.45, 7) is 0.776. The summed E-state index contributed by atoms with van der Waals surface area (Å²) in [7, 11) is 0. The minimum atomic E-state index is -0.548. The van der Waals surface area contributed by atoms with Gasteiger partial charge in [0.05, 0.1) is 0 Å². The Morgan fingerprint density at radius 3 is 2.95 bits per heavy atom. The van der Waals surface area contributed by atoms with E-state index in [2.05, 4.69) is 16.0 Å². The van der Waals surface area contributed by atoms with E-state index in [-0.39, 0.29) is 24.4 Å². The molecule has 1 aromatic carbocycles. The number of carbonyl (C=O) groups excluding carboxylic acids is 2. The predicted octanol–water partition coefficient (Wildman–Crippen LogP) is 1.48. The highest BCUT2D eigenvalue weighted by molar-refractivity contribution is 5.87. The van der Waals surface area contributed by atoms with Gasteiger partial charge in [0, 0.05) is 13.1 Å². The van der Waals surface area contributed by atoms with Gasteiger partial charge in [-0.2, -0.15) is 0 Å². The molecule has 0 spiro atoms. The van der Waals surface area contributed by atoms with Crippen LogP contribution in [0.15, 0.2) is 18.2 Å². The van der Waals surface area contributed by atoms with Crippen molar-refractivity contribution in [1.29, 1.82) is 0 Å². The number of halogens is 2. The lowest BCUT2D eigenvalue weighted by molar-refractivity contribution is -0.122. The fourth-order valence-electron chi connectivity index (χ4n) is 2.33. The second kappa shape index (κ2) is 7.72. The van der Waals surface area contributed by atoms with Crippen LogP contribution in [0.4, 0.5) is 13.6 Å². The van der Waals surface area contributed by atoms with Crippen molar-refractivity contribution in [2.75, 3.05) is 13.1 Å². The number of hydrogen-bond donors (Lipinski definition) is 3. The van der Waals surface area contributed by atoms with E-state index in [1.54, 1.807) is 0 Å². The fraction of sp³-hybridized carbons (Fsp3) is 0.467. The number of carbonyl (C=O) groups is 2. The summed E-state index contributed by atoms with van der Waals surface area (Å²) in [4.78, 5) is 23.4. The highest BCUT2D eigenvalue weighted by Crippen LogP contribution is 2.10. The molecule has 0 saturated carbocycles. The van der Waals surface area contributed by atoms with Crippen LogP contribution in [0.1, 0.15) is 24.8 Å². The summed E-state index contributed by atoms with van der Waals surface area (Å²) in [6.07, 6.45) is 2.52. The van der Waals surface area contributed by atoms with Gasteiger partial charge in [0.2, 0.25) is 5.91 Å². The molecule has 1 atom stereocenters. The zero-order chi connectivity index (χ0) is 15.9. The maximum Gasteiger partial charge on any atom is 0.315 e. The van der Waals surface area contributed by atoms with Crippen LogP contribution < -0.4 is 16.0 Å². The van der Waals surface area contributed by atoms with Gasteiger partial charge in [-0.25, -0.2) is 13.6 Å². The smallest absolute Gasteiger partial charge is 0.315 e. The van der Waals surface area contributed by atoms with Gasteiger partial charge in [-0.15, -0.1) is 0 Å². The van der Waals surface area contributed by atoms with E-state index >= 15 is 0 Å². The standard InChI is InChI=1S/C15H19F2N3O2/c16-11-4-5-12(17)10(9-11)6-8-19-15(22)20-13-3-1-2-7-18-14(13)21/h4-5,9,13H,1-3,6-8H2,(H,18,21)(H2,19,20,22). The summed E-state index contributed by atoms with van der Waals surface area (Å²) in [5.41, 5.74) is 0.201.